The quantitative estimate of drug-likeness (QED) is 0.884. The molecule has 108 valence electrons. The van der Waals surface area contributed by atoms with E-state index in [0.29, 0.717) is 25.6 Å². The van der Waals surface area contributed by atoms with E-state index in [1.165, 1.54) is 0 Å². The summed E-state index contributed by atoms with van der Waals surface area (Å²) in [5.41, 5.74) is 1.41. The molecule has 1 saturated heterocycles. The fourth-order valence-electron chi connectivity index (χ4n) is 2.83. The first-order valence-corrected chi connectivity index (χ1v) is 7.76. The van der Waals surface area contributed by atoms with E-state index >= 15 is 0 Å². The lowest BCUT2D eigenvalue weighted by atomic mass is 9.89. The first-order chi connectivity index (χ1) is 9.46. The largest absolute Gasteiger partial charge is 0.387 e. The second-order valence-corrected chi connectivity index (χ2v) is 6.91. The number of hydrogen-bond acceptors (Lipinski definition) is 3. The van der Waals surface area contributed by atoms with Crippen molar-refractivity contribution in [1.82, 2.24) is 4.90 Å². The predicted octanol–water partition coefficient (Wildman–Crippen LogP) is 2.15. The van der Waals surface area contributed by atoms with Gasteiger partial charge in [0, 0.05) is 17.6 Å². The van der Waals surface area contributed by atoms with Gasteiger partial charge >= 0.3 is 0 Å². The third-order valence-corrected chi connectivity index (χ3v) is 4.75. The van der Waals surface area contributed by atoms with Crippen molar-refractivity contribution in [3.05, 3.63) is 28.2 Å². The van der Waals surface area contributed by atoms with Gasteiger partial charge in [-0.05, 0) is 59.3 Å². The maximum absolute atomic E-state index is 12.0. The number of nitrogens with one attached hydrogen (secondary N) is 1. The van der Waals surface area contributed by atoms with Crippen molar-refractivity contribution in [2.75, 3.05) is 25.0 Å². The highest BCUT2D eigenvalue weighted by molar-refractivity contribution is 9.10. The van der Waals surface area contributed by atoms with E-state index in [1.54, 1.807) is 0 Å². The summed E-state index contributed by atoms with van der Waals surface area (Å²) in [6, 6.07) is 5.84. The Bertz CT molecular complexity index is 537. The second kappa shape index (κ2) is 5.13. The highest BCUT2D eigenvalue weighted by Gasteiger charge is 2.51. The summed E-state index contributed by atoms with van der Waals surface area (Å²) in [6.07, 6.45) is 2.26. The fourth-order valence-corrected chi connectivity index (χ4v) is 3.43. The normalized spacial score (nSPS) is 21.4. The van der Waals surface area contributed by atoms with E-state index in [4.69, 9.17) is 0 Å². The Balaban J connectivity index is 1.50. The van der Waals surface area contributed by atoms with Gasteiger partial charge in [0.2, 0.25) is 5.91 Å². The van der Waals surface area contributed by atoms with Crippen LogP contribution in [0.2, 0.25) is 0 Å². The zero-order valence-corrected chi connectivity index (χ0v) is 13.1. The Hall–Kier alpha value is -0.910. The molecule has 1 aromatic carbocycles. The number of nitrogens with zero attached hydrogens (tertiary/aromatic N) is 1. The van der Waals surface area contributed by atoms with Gasteiger partial charge in [0.05, 0.1) is 17.8 Å². The zero-order valence-electron chi connectivity index (χ0n) is 11.5. The number of rotatable bonds is 4. The van der Waals surface area contributed by atoms with Crippen LogP contribution in [0.25, 0.3) is 0 Å². The number of aryl methyl sites for hydroxylation is 1. The van der Waals surface area contributed by atoms with E-state index in [1.807, 2.05) is 30.0 Å². The molecule has 1 amide bonds. The molecule has 0 aromatic heterocycles. The van der Waals surface area contributed by atoms with E-state index in [0.717, 1.165) is 28.6 Å². The monoisotopic (exact) mass is 338 g/mol. The Morgan fingerprint density at radius 3 is 2.80 bits per heavy atom. The lowest BCUT2D eigenvalue weighted by Crippen LogP contribution is -2.64. The molecule has 1 aliphatic carbocycles. The summed E-state index contributed by atoms with van der Waals surface area (Å²) in [5.74, 6) is 0.431. The van der Waals surface area contributed by atoms with Gasteiger partial charge in [-0.1, -0.05) is 6.07 Å². The minimum atomic E-state index is -0.523. The van der Waals surface area contributed by atoms with Crippen molar-refractivity contribution < 1.29 is 9.90 Å². The third-order valence-electron chi connectivity index (χ3n) is 4.10. The van der Waals surface area contributed by atoms with Gasteiger partial charge in [-0.2, -0.15) is 0 Å². The number of β-amino-alcohol motifs (C(OH)–C–C–N with tert-alkyl or cyclic N) is 1. The Labute approximate surface area is 127 Å². The lowest BCUT2D eigenvalue weighted by molar-refractivity contribution is -0.132. The molecule has 4 nitrogen and oxygen atoms in total. The number of carbonyl (C=O) groups excluding carboxylic acids is 1. The lowest BCUT2D eigenvalue weighted by Gasteiger charge is -2.46. The number of benzene rings is 1. The highest BCUT2D eigenvalue weighted by Crippen LogP contribution is 2.44. The number of likely N-dealkylation sites (tertiary alicyclic amines) is 1. The van der Waals surface area contributed by atoms with Crippen molar-refractivity contribution in [3.8, 4) is 0 Å². The number of aliphatic hydroxyl groups is 1. The van der Waals surface area contributed by atoms with Gasteiger partial charge in [0.1, 0.15) is 0 Å². The second-order valence-electron chi connectivity index (χ2n) is 6.05. The Morgan fingerprint density at radius 2 is 2.20 bits per heavy atom. The van der Waals surface area contributed by atoms with Crippen LogP contribution in [0.5, 0.6) is 0 Å². The fraction of sp³-hybridized carbons (Fsp3) is 0.533. The molecule has 0 spiro atoms. The molecular formula is C15H19BrN2O2. The number of amides is 1. The smallest absolute Gasteiger partial charge is 0.238 e. The molecule has 0 unspecified atom stereocenters. The summed E-state index contributed by atoms with van der Waals surface area (Å²) in [6.45, 7) is 3.60. The Kier molecular flexibility index (Phi) is 3.60. The predicted molar refractivity (Wildman–Crippen MR) is 81.6 cm³/mol. The molecule has 1 aliphatic heterocycles. The molecule has 1 saturated carbocycles. The van der Waals surface area contributed by atoms with Crippen molar-refractivity contribution in [1.29, 1.82) is 0 Å². The molecule has 2 aliphatic rings. The highest BCUT2D eigenvalue weighted by atomic mass is 79.9. The van der Waals surface area contributed by atoms with Crippen molar-refractivity contribution in [2.24, 2.45) is 5.92 Å². The standard InChI is InChI=1S/C15H19BrN2O2/c1-10-2-5-13(12(16)6-10)17-14(19)7-18-8-15(20,9-18)11-3-4-11/h2,5-6,11,20H,3-4,7-9H2,1H3,(H,17,19). The first kappa shape index (κ1) is 14.0. The first-order valence-electron chi connectivity index (χ1n) is 6.97. The van der Waals surface area contributed by atoms with Gasteiger partial charge in [0.15, 0.2) is 0 Å². The van der Waals surface area contributed by atoms with Crippen LogP contribution < -0.4 is 5.32 Å². The summed E-state index contributed by atoms with van der Waals surface area (Å²) in [7, 11) is 0. The third kappa shape index (κ3) is 2.90. The molecule has 0 atom stereocenters. The molecule has 0 radical (unpaired) electrons. The van der Waals surface area contributed by atoms with Gasteiger partial charge in [-0.3, -0.25) is 9.69 Å². The van der Waals surface area contributed by atoms with E-state index < -0.39 is 5.60 Å². The minimum Gasteiger partial charge on any atom is -0.387 e. The average molecular weight is 339 g/mol. The zero-order chi connectivity index (χ0) is 14.3. The molecule has 2 N–H and O–H groups in total. The summed E-state index contributed by atoms with van der Waals surface area (Å²) in [4.78, 5) is 14.0. The molecule has 3 rings (SSSR count). The average Bonchev–Trinajstić information content (AvgIpc) is 3.15. The molecule has 1 heterocycles. The Morgan fingerprint density at radius 1 is 1.50 bits per heavy atom. The molecule has 20 heavy (non-hydrogen) atoms. The number of anilines is 1. The van der Waals surface area contributed by atoms with Crippen LogP contribution in [-0.2, 0) is 4.79 Å². The van der Waals surface area contributed by atoms with Crippen LogP contribution in [0.3, 0.4) is 0 Å². The van der Waals surface area contributed by atoms with E-state index in [-0.39, 0.29) is 5.91 Å². The maximum atomic E-state index is 12.0. The summed E-state index contributed by atoms with van der Waals surface area (Å²) in [5, 5.41) is 13.1. The molecule has 1 aromatic rings. The van der Waals surface area contributed by atoms with E-state index in [9.17, 15) is 9.90 Å². The van der Waals surface area contributed by atoms with Crippen molar-refractivity contribution >= 4 is 27.5 Å². The van der Waals surface area contributed by atoms with Crippen LogP contribution in [0.4, 0.5) is 5.69 Å². The van der Waals surface area contributed by atoms with Crippen LogP contribution in [0, 0.1) is 12.8 Å². The topological polar surface area (TPSA) is 52.6 Å². The molecule has 2 fully saturated rings. The van der Waals surface area contributed by atoms with Crippen LogP contribution in [-0.4, -0.2) is 41.1 Å². The molecular weight excluding hydrogens is 320 g/mol. The SMILES string of the molecule is Cc1ccc(NC(=O)CN2CC(O)(C3CC3)C2)c(Br)c1. The summed E-state index contributed by atoms with van der Waals surface area (Å²) >= 11 is 3.45. The maximum Gasteiger partial charge on any atom is 0.238 e. The van der Waals surface area contributed by atoms with Crippen LogP contribution in [0.15, 0.2) is 22.7 Å². The number of hydrogen-bond donors (Lipinski definition) is 2. The summed E-state index contributed by atoms with van der Waals surface area (Å²) < 4.78 is 0.893. The molecule has 0 bridgehead atoms. The van der Waals surface area contributed by atoms with Crippen molar-refractivity contribution in [2.45, 2.75) is 25.4 Å². The van der Waals surface area contributed by atoms with Gasteiger partial charge in [-0.15, -0.1) is 0 Å². The van der Waals surface area contributed by atoms with Crippen LogP contribution >= 0.6 is 15.9 Å². The van der Waals surface area contributed by atoms with Gasteiger partial charge < -0.3 is 10.4 Å². The van der Waals surface area contributed by atoms with Gasteiger partial charge in [0.25, 0.3) is 0 Å². The van der Waals surface area contributed by atoms with Crippen molar-refractivity contribution in [3.63, 3.8) is 0 Å². The van der Waals surface area contributed by atoms with Gasteiger partial charge in [-0.25, -0.2) is 0 Å². The van der Waals surface area contributed by atoms with Crippen LogP contribution in [0.1, 0.15) is 18.4 Å². The minimum absolute atomic E-state index is 0.0348. The van der Waals surface area contributed by atoms with E-state index in [2.05, 4.69) is 21.2 Å². The molecule has 5 heteroatoms. The number of halogens is 1. The number of carbonyl (C=O) groups is 1.